The van der Waals surface area contributed by atoms with Crippen LogP contribution in [0.5, 0.6) is 0 Å². The third-order valence-electron chi connectivity index (χ3n) is 3.05. The van der Waals surface area contributed by atoms with Crippen LogP contribution in [0.1, 0.15) is 18.9 Å². The summed E-state index contributed by atoms with van der Waals surface area (Å²) < 4.78 is 1.71. The number of benzene rings is 1. The van der Waals surface area contributed by atoms with E-state index < -0.39 is 0 Å². The van der Waals surface area contributed by atoms with E-state index in [1.165, 1.54) is 5.56 Å². The lowest BCUT2D eigenvalue weighted by Gasteiger charge is -2.13. The first-order valence-electron chi connectivity index (χ1n) is 6.85. The molecule has 5 nitrogen and oxygen atoms in total. The molecular formula is C15H19ClN4O. The predicted octanol–water partition coefficient (Wildman–Crippen LogP) is 2.45. The summed E-state index contributed by atoms with van der Waals surface area (Å²) in [6.45, 7) is 2.59. The summed E-state index contributed by atoms with van der Waals surface area (Å²) in [5.41, 5.74) is 6.30. The number of primary amides is 1. The van der Waals surface area contributed by atoms with Gasteiger partial charge in [-0.1, -0.05) is 23.7 Å². The van der Waals surface area contributed by atoms with Crippen molar-refractivity contribution >= 4 is 23.3 Å². The second kappa shape index (κ2) is 7.13. The molecule has 2 aromatic rings. The number of nitrogens with two attached hydrogens (primary N) is 1. The Balaban J connectivity index is 1.87. The molecule has 0 fully saturated rings. The summed E-state index contributed by atoms with van der Waals surface area (Å²) in [7, 11) is 0. The molecule has 0 spiro atoms. The van der Waals surface area contributed by atoms with Gasteiger partial charge in [0.05, 0.1) is 0 Å². The molecule has 0 bridgehead atoms. The minimum atomic E-state index is -0.325. The predicted molar refractivity (Wildman–Crippen MR) is 84.3 cm³/mol. The van der Waals surface area contributed by atoms with E-state index in [1.807, 2.05) is 30.5 Å². The van der Waals surface area contributed by atoms with Crippen molar-refractivity contribution in [3.63, 3.8) is 0 Å². The van der Waals surface area contributed by atoms with Gasteiger partial charge in [-0.3, -0.25) is 9.48 Å². The SMILES string of the molecule is C[C@H](Cc1cccc(Cl)c1)Nc1ccn(CCC(N)=O)n1. The highest BCUT2D eigenvalue weighted by Gasteiger charge is 2.07. The summed E-state index contributed by atoms with van der Waals surface area (Å²) in [5, 5.41) is 8.43. The van der Waals surface area contributed by atoms with Crippen molar-refractivity contribution in [1.29, 1.82) is 0 Å². The highest BCUT2D eigenvalue weighted by molar-refractivity contribution is 6.30. The zero-order chi connectivity index (χ0) is 15.2. The number of hydrogen-bond acceptors (Lipinski definition) is 3. The number of halogens is 1. The van der Waals surface area contributed by atoms with Crippen LogP contribution in [0.25, 0.3) is 0 Å². The number of carbonyl (C=O) groups excluding carboxylic acids is 1. The maximum absolute atomic E-state index is 10.7. The lowest BCUT2D eigenvalue weighted by Crippen LogP contribution is -2.19. The zero-order valence-corrected chi connectivity index (χ0v) is 12.7. The van der Waals surface area contributed by atoms with Crippen molar-refractivity contribution in [3.05, 3.63) is 47.1 Å². The van der Waals surface area contributed by atoms with E-state index in [2.05, 4.69) is 23.4 Å². The molecule has 0 saturated carbocycles. The number of aromatic nitrogens is 2. The van der Waals surface area contributed by atoms with E-state index in [9.17, 15) is 4.79 Å². The first kappa shape index (κ1) is 15.4. The van der Waals surface area contributed by atoms with Crippen LogP contribution in [0.4, 0.5) is 5.82 Å². The molecule has 0 aliphatic carbocycles. The van der Waals surface area contributed by atoms with Gasteiger partial charge in [-0.25, -0.2) is 0 Å². The maximum Gasteiger partial charge on any atom is 0.219 e. The first-order chi connectivity index (χ1) is 10.0. The number of nitrogens with one attached hydrogen (secondary N) is 1. The minimum absolute atomic E-state index is 0.225. The standard InChI is InChI=1S/C15H19ClN4O/c1-11(9-12-3-2-4-13(16)10-12)18-15-6-8-20(19-15)7-5-14(17)21/h2-4,6,8,10-11H,5,7,9H2,1H3,(H2,17,21)(H,18,19)/t11-/m1/s1. The van der Waals surface area contributed by atoms with Crippen LogP contribution in [-0.4, -0.2) is 21.7 Å². The second-order valence-corrected chi connectivity index (χ2v) is 5.50. The summed E-state index contributed by atoms with van der Waals surface area (Å²) >= 11 is 5.98. The van der Waals surface area contributed by atoms with E-state index in [0.29, 0.717) is 13.0 Å². The molecule has 0 radical (unpaired) electrons. The van der Waals surface area contributed by atoms with Gasteiger partial charge in [0, 0.05) is 36.3 Å². The van der Waals surface area contributed by atoms with Crippen LogP contribution in [-0.2, 0) is 17.8 Å². The lowest BCUT2D eigenvalue weighted by molar-refractivity contribution is -0.118. The van der Waals surface area contributed by atoms with Gasteiger partial charge in [-0.2, -0.15) is 5.10 Å². The van der Waals surface area contributed by atoms with Crippen molar-refractivity contribution < 1.29 is 4.79 Å². The van der Waals surface area contributed by atoms with Crippen molar-refractivity contribution in [2.75, 3.05) is 5.32 Å². The molecule has 3 N–H and O–H groups in total. The topological polar surface area (TPSA) is 72.9 Å². The summed E-state index contributed by atoms with van der Waals surface area (Å²) in [6.07, 6.45) is 2.98. The number of aryl methyl sites for hydroxylation is 1. The molecule has 112 valence electrons. The van der Waals surface area contributed by atoms with Crippen LogP contribution in [0, 0.1) is 0 Å². The van der Waals surface area contributed by atoms with E-state index in [1.54, 1.807) is 4.68 Å². The highest BCUT2D eigenvalue weighted by Crippen LogP contribution is 2.14. The largest absolute Gasteiger partial charge is 0.370 e. The lowest BCUT2D eigenvalue weighted by atomic mass is 10.1. The van der Waals surface area contributed by atoms with E-state index >= 15 is 0 Å². The molecule has 0 aliphatic rings. The molecule has 0 saturated heterocycles. The molecule has 0 aliphatic heterocycles. The monoisotopic (exact) mass is 306 g/mol. The van der Waals surface area contributed by atoms with Crippen molar-refractivity contribution in [2.24, 2.45) is 5.73 Å². The number of amides is 1. The molecule has 21 heavy (non-hydrogen) atoms. The first-order valence-corrected chi connectivity index (χ1v) is 7.23. The van der Waals surface area contributed by atoms with Crippen LogP contribution >= 0.6 is 11.6 Å². The van der Waals surface area contributed by atoms with Crippen molar-refractivity contribution in [1.82, 2.24) is 9.78 Å². The third-order valence-corrected chi connectivity index (χ3v) is 3.29. The fourth-order valence-electron chi connectivity index (χ4n) is 2.11. The van der Waals surface area contributed by atoms with Gasteiger partial charge in [0.2, 0.25) is 5.91 Å². The Labute approximate surface area is 129 Å². The molecule has 1 aromatic heterocycles. The quantitative estimate of drug-likeness (QED) is 0.825. The summed E-state index contributed by atoms with van der Waals surface area (Å²) in [4.78, 5) is 10.7. The Morgan fingerprint density at radius 2 is 2.29 bits per heavy atom. The van der Waals surface area contributed by atoms with Gasteiger partial charge in [0.25, 0.3) is 0 Å². The number of rotatable bonds is 7. The van der Waals surface area contributed by atoms with Gasteiger partial charge < -0.3 is 11.1 Å². The van der Waals surface area contributed by atoms with Gasteiger partial charge in [0.15, 0.2) is 0 Å². The molecular weight excluding hydrogens is 288 g/mol. The Kier molecular flexibility index (Phi) is 5.22. The zero-order valence-electron chi connectivity index (χ0n) is 11.9. The third kappa shape index (κ3) is 5.11. The van der Waals surface area contributed by atoms with Crippen LogP contribution in [0.3, 0.4) is 0 Å². The molecule has 6 heteroatoms. The fraction of sp³-hybridized carbons (Fsp3) is 0.333. The maximum atomic E-state index is 10.7. The molecule has 2 rings (SSSR count). The van der Waals surface area contributed by atoms with Crippen molar-refractivity contribution in [3.8, 4) is 0 Å². The normalized spacial score (nSPS) is 12.1. The summed E-state index contributed by atoms with van der Waals surface area (Å²) in [6, 6.07) is 9.94. The average molecular weight is 307 g/mol. The number of hydrogen-bond donors (Lipinski definition) is 2. The molecule has 0 unspecified atom stereocenters. The molecule has 1 aromatic carbocycles. The summed E-state index contributed by atoms with van der Waals surface area (Å²) in [5.74, 6) is 0.461. The second-order valence-electron chi connectivity index (χ2n) is 5.06. The Bertz CT molecular complexity index is 611. The van der Waals surface area contributed by atoms with Crippen LogP contribution in [0.15, 0.2) is 36.5 Å². The van der Waals surface area contributed by atoms with Gasteiger partial charge in [-0.15, -0.1) is 0 Å². The number of carbonyl (C=O) groups is 1. The van der Waals surface area contributed by atoms with E-state index in [-0.39, 0.29) is 11.9 Å². The Morgan fingerprint density at radius 3 is 3.00 bits per heavy atom. The van der Waals surface area contributed by atoms with E-state index in [0.717, 1.165) is 17.3 Å². The minimum Gasteiger partial charge on any atom is -0.370 e. The Hall–Kier alpha value is -2.01. The highest BCUT2D eigenvalue weighted by atomic mass is 35.5. The average Bonchev–Trinajstić information content (AvgIpc) is 2.83. The van der Waals surface area contributed by atoms with E-state index in [4.69, 9.17) is 17.3 Å². The Morgan fingerprint density at radius 1 is 1.48 bits per heavy atom. The fourth-order valence-corrected chi connectivity index (χ4v) is 2.32. The van der Waals surface area contributed by atoms with Gasteiger partial charge in [0.1, 0.15) is 5.82 Å². The van der Waals surface area contributed by atoms with Crippen LogP contribution < -0.4 is 11.1 Å². The molecule has 1 amide bonds. The van der Waals surface area contributed by atoms with Gasteiger partial charge in [-0.05, 0) is 31.0 Å². The smallest absolute Gasteiger partial charge is 0.219 e. The molecule has 1 heterocycles. The molecule has 1 atom stereocenters. The van der Waals surface area contributed by atoms with Gasteiger partial charge >= 0.3 is 0 Å². The number of nitrogens with zero attached hydrogens (tertiary/aromatic N) is 2. The van der Waals surface area contributed by atoms with Crippen LogP contribution in [0.2, 0.25) is 5.02 Å². The number of anilines is 1. The van der Waals surface area contributed by atoms with Crippen molar-refractivity contribution in [2.45, 2.75) is 32.4 Å².